The number of Topliss-reactive ketones (excluding diaryl/α,β-unsaturated/α-hetero) is 2. The Labute approximate surface area is 353 Å². The van der Waals surface area contributed by atoms with E-state index in [9.17, 15) is 24.3 Å². The van der Waals surface area contributed by atoms with E-state index in [0.29, 0.717) is 19.4 Å². The highest BCUT2D eigenvalue weighted by Crippen LogP contribution is 2.44. The van der Waals surface area contributed by atoms with Crippen molar-refractivity contribution in [2.45, 2.75) is 141 Å². The minimum atomic E-state index is -1.58. The van der Waals surface area contributed by atoms with E-state index in [2.05, 4.69) is 23.7 Å². The molecule has 0 aromatic carbocycles. The van der Waals surface area contributed by atoms with Gasteiger partial charge in [-0.2, -0.15) is 0 Å². The van der Waals surface area contributed by atoms with Gasteiger partial charge in [0.15, 0.2) is 17.7 Å². The standard InChI is InChI=1S/C45H65N3O10S/c1-12-35-45(13-2)39(48(43(53)58-45)22-15-14-18-32-19-20-34(59-32)31-17-16-21-46-25-31)28(5)36(49)26(3)24-44(8,54-11)40(29(6)37(50)30(7)41(52)56-35)57-42-38(51)33(47(9)10)23-27(4)55-42/h13,16-17,19-21,25-30,33,35,38-40,42,51H,2,12,14-15,18,22-24H2,1,3-11H3/t26-,27-,28+,29+,30-,33+,35-,38-,39-,40-,42+,44-,45-/m1/s1. The normalized spacial score (nSPS) is 36.2. The second kappa shape index (κ2) is 19.5. The Morgan fingerprint density at radius 3 is 2.42 bits per heavy atom. The van der Waals surface area contributed by atoms with Crippen molar-refractivity contribution in [1.82, 2.24) is 14.8 Å². The van der Waals surface area contributed by atoms with Crippen LogP contribution in [0.25, 0.3) is 10.4 Å². The first kappa shape index (κ1) is 46.5. The number of aryl methyl sites for hydroxylation is 1. The number of nitrogens with zero attached hydrogens (tertiary/aromatic N) is 3. The topological polar surface area (TPSA) is 154 Å². The summed E-state index contributed by atoms with van der Waals surface area (Å²) in [6.45, 7) is 16.6. The SMILES string of the molecule is C=C[C@]12OC(=O)N(CCCCc3ccc(-c4cccnc4)s3)[C@@H]1[C@@H](C)C(=O)[C@H](C)C[C@@](C)(OC)[C@H](O[C@@H]1O[C@H](C)C[C@H](N(C)C)[C@H]1O)[C@@H](C)C(=O)[C@@H](C)C(=O)O[C@@H]2CC. The molecule has 0 unspecified atom stereocenters. The van der Waals surface area contributed by atoms with E-state index < -0.39 is 83.4 Å². The van der Waals surface area contributed by atoms with Crippen LogP contribution in [-0.2, 0) is 44.5 Å². The molecule has 0 aliphatic carbocycles. The molecule has 1 amide bonds. The number of ether oxygens (including phenoxy) is 5. The fourth-order valence-corrected chi connectivity index (χ4v) is 10.5. The number of rotatable bonds is 12. The molecule has 5 rings (SSSR count). The number of carbonyl (C=O) groups excluding carboxylic acids is 4. The number of fused-ring (bicyclic) bond motifs is 1. The number of hydrogen-bond acceptors (Lipinski definition) is 13. The van der Waals surface area contributed by atoms with Crippen LogP contribution < -0.4 is 0 Å². The van der Waals surface area contributed by atoms with Crippen LogP contribution in [0.15, 0.2) is 49.3 Å². The number of pyridine rings is 1. The van der Waals surface area contributed by atoms with Gasteiger partial charge in [-0.15, -0.1) is 11.3 Å². The number of carbonyl (C=O) groups is 4. The third-order valence-electron chi connectivity index (χ3n) is 12.9. The molecule has 0 saturated carbocycles. The van der Waals surface area contributed by atoms with Crippen molar-refractivity contribution in [1.29, 1.82) is 0 Å². The fraction of sp³-hybridized carbons (Fsp3) is 0.667. The minimum absolute atomic E-state index is 0.116. The van der Waals surface area contributed by atoms with Crippen LogP contribution in [0.3, 0.4) is 0 Å². The summed E-state index contributed by atoms with van der Waals surface area (Å²) in [6.07, 6.45) is 3.00. The minimum Gasteiger partial charge on any atom is -0.457 e. The first-order valence-corrected chi connectivity index (χ1v) is 21.8. The van der Waals surface area contributed by atoms with Gasteiger partial charge in [0.05, 0.1) is 23.9 Å². The maximum atomic E-state index is 14.8. The molecule has 326 valence electrons. The number of thiophene rings is 1. The molecule has 0 radical (unpaired) electrons. The van der Waals surface area contributed by atoms with Crippen molar-refractivity contribution in [3.8, 4) is 10.4 Å². The molecule has 2 aromatic rings. The molecular formula is C45H65N3O10S. The number of hydrogen-bond donors (Lipinski definition) is 1. The highest BCUT2D eigenvalue weighted by molar-refractivity contribution is 7.15. The van der Waals surface area contributed by atoms with E-state index in [1.807, 2.05) is 44.2 Å². The zero-order valence-corrected chi connectivity index (χ0v) is 37.2. The summed E-state index contributed by atoms with van der Waals surface area (Å²) < 4.78 is 31.3. The van der Waals surface area contributed by atoms with Gasteiger partial charge in [-0.25, -0.2) is 4.79 Å². The lowest BCUT2D eigenvalue weighted by Gasteiger charge is -2.47. The summed E-state index contributed by atoms with van der Waals surface area (Å²) in [5.74, 6) is -5.13. The Morgan fingerprint density at radius 1 is 1.07 bits per heavy atom. The molecule has 3 aliphatic rings. The zero-order chi connectivity index (χ0) is 43.4. The van der Waals surface area contributed by atoms with Crippen LogP contribution in [0.5, 0.6) is 0 Å². The highest BCUT2D eigenvalue weighted by Gasteiger charge is 2.61. The Kier molecular flexibility index (Phi) is 15.3. The molecule has 13 atom stereocenters. The third kappa shape index (κ3) is 9.68. The van der Waals surface area contributed by atoms with Crippen molar-refractivity contribution in [2.75, 3.05) is 27.7 Å². The van der Waals surface area contributed by atoms with E-state index in [4.69, 9.17) is 23.7 Å². The number of unbranched alkanes of at least 4 members (excludes halogenated alkanes) is 1. The summed E-state index contributed by atoms with van der Waals surface area (Å²) in [5, 5.41) is 11.5. The predicted molar refractivity (Wildman–Crippen MR) is 225 cm³/mol. The van der Waals surface area contributed by atoms with Gasteiger partial charge < -0.3 is 33.7 Å². The van der Waals surface area contributed by atoms with Crippen LogP contribution in [0.2, 0.25) is 0 Å². The van der Waals surface area contributed by atoms with Gasteiger partial charge in [0.2, 0.25) is 0 Å². The van der Waals surface area contributed by atoms with Gasteiger partial charge in [-0.05, 0) is 97.7 Å². The van der Waals surface area contributed by atoms with Gasteiger partial charge in [0, 0.05) is 65.2 Å². The van der Waals surface area contributed by atoms with Gasteiger partial charge in [0.1, 0.15) is 23.9 Å². The molecule has 3 fully saturated rings. The van der Waals surface area contributed by atoms with Gasteiger partial charge >= 0.3 is 12.1 Å². The maximum absolute atomic E-state index is 14.8. The number of aliphatic hydroxyl groups is 1. The predicted octanol–water partition coefficient (Wildman–Crippen LogP) is 6.50. The van der Waals surface area contributed by atoms with E-state index >= 15 is 0 Å². The molecular weight excluding hydrogens is 775 g/mol. The average Bonchev–Trinajstić information content (AvgIpc) is 3.82. The lowest BCUT2D eigenvalue weighted by atomic mass is 9.72. The molecule has 0 spiro atoms. The first-order valence-electron chi connectivity index (χ1n) is 21.0. The Hall–Kier alpha value is -3.53. The van der Waals surface area contributed by atoms with Gasteiger partial charge in [-0.3, -0.25) is 24.3 Å². The summed E-state index contributed by atoms with van der Waals surface area (Å²) in [6, 6.07) is 6.99. The second-order valence-corrected chi connectivity index (χ2v) is 18.4. The number of ketones is 2. The second-order valence-electron chi connectivity index (χ2n) is 17.2. The number of methoxy groups -OCH3 is 1. The monoisotopic (exact) mass is 839 g/mol. The summed E-state index contributed by atoms with van der Waals surface area (Å²) in [7, 11) is 5.24. The van der Waals surface area contributed by atoms with Crippen molar-refractivity contribution < 1.29 is 48.0 Å². The van der Waals surface area contributed by atoms with E-state index in [0.717, 1.165) is 23.3 Å². The molecule has 1 N–H and O–H groups in total. The van der Waals surface area contributed by atoms with Gasteiger partial charge in [0.25, 0.3) is 0 Å². The number of aliphatic hydroxyl groups excluding tert-OH is 1. The zero-order valence-electron chi connectivity index (χ0n) is 36.4. The van der Waals surface area contributed by atoms with Crippen LogP contribution in [0.4, 0.5) is 4.79 Å². The molecule has 0 bridgehead atoms. The van der Waals surface area contributed by atoms with Crippen LogP contribution >= 0.6 is 11.3 Å². The number of cyclic esters (lactones) is 1. The number of esters is 1. The third-order valence-corrected chi connectivity index (χ3v) is 14.1. The highest BCUT2D eigenvalue weighted by atomic mass is 32.1. The van der Waals surface area contributed by atoms with Crippen molar-refractivity contribution in [3.63, 3.8) is 0 Å². The lowest BCUT2D eigenvalue weighted by molar-refractivity contribution is -0.295. The number of amides is 1. The number of aromatic nitrogens is 1. The average molecular weight is 840 g/mol. The Bertz CT molecular complexity index is 1790. The number of likely N-dealkylation sites (N-methyl/N-ethyl adjacent to an activating group) is 1. The van der Waals surface area contributed by atoms with E-state index in [1.54, 1.807) is 57.1 Å². The molecule has 2 aromatic heterocycles. The summed E-state index contributed by atoms with van der Waals surface area (Å²) in [4.78, 5) is 67.3. The molecule has 3 aliphatic heterocycles. The summed E-state index contributed by atoms with van der Waals surface area (Å²) >= 11 is 1.71. The van der Waals surface area contributed by atoms with E-state index in [1.165, 1.54) is 25.0 Å². The smallest absolute Gasteiger partial charge is 0.411 e. The Balaban J connectivity index is 1.46. The van der Waals surface area contributed by atoms with E-state index in [-0.39, 0.29) is 30.8 Å². The van der Waals surface area contributed by atoms with Gasteiger partial charge in [-0.1, -0.05) is 40.3 Å². The molecule has 13 nitrogen and oxygen atoms in total. The summed E-state index contributed by atoms with van der Waals surface area (Å²) in [5.41, 5.74) is -1.80. The van der Waals surface area contributed by atoms with Crippen molar-refractivity contribution in [3.05, 3.63) is 54.2 Å². The Morgan fingerprint density at radius 2 is 1.80 bits per heavy atom. The van der Waals surface area contributed by atoms with Crippen LogP contribution in [-0.4, -0.2) is 125 Å². The molecule has 59 heavy (non-hydrogen) atoms. The molecule has 3 saturated heterocycles. The largest absolute Gasteiger partial charge is 0.457 e. The fourth-order valence-electron chi connectivity index (χ4n) is 9.44. The van der Waals surface area contributed by atoms with Crippen LogP contribution in [0, 0.1) is 23.7 Å². The first-order chi connectivity index (χ1) is 27.9. The quantitative estimate of drug-likeness (QED) is 0.107. The lowest BCUT2D eigenvalue weighted by Crippen LogP contribution is -2.60. The van der Waals surface area contributed by atoms with Crippen LogP contribution in [0.1, 0.15) is 85.4 Å². The molecule has 5 heterocycles. The van der Waals surface area contributed by atoms with Crippen molar-refractivity contribution in [2.24, 2.45) is 23.7 Å². The molecule has 14 heteroatoms. The van der Waals surface area contributed by atoms with Crippen molar-refractivity contribution >= 4 is 35.0 Å². The maximum Gasteiger partial charge on any atom is 0.411 e.